The lowest BCUT2D eigenvalue weighted by Crippen LogP contribution is -2.05. The summed E-state index contributed by atoms with van der Waals surface area (Å²) in [5, 5.41) is 7.60. The monoisotopic (exact) mass is 508 g/mol. The topological polar surface area (TPSA) is 141 Å². The Morgan fingerprint density at radius 3 is 1.26 bits per heavy atom. The van der Waals surface area contributed by atoms with Crippen molar-refractivity contribution in [3.05, 3.63) is 24.8 Å². The minimum atomic E-state index is -4.64. The molecule has 0 saturated heterocycles. The van der Waals surface area contributed by atoms with Crippen molar-refractivity contribution < 1.29 is 38.7 Å². The van der Waals surface area contributed by atoms with Gasteiger partial charge in [0, 0.05) is 11.6 Å². The number of ether oxygens (including phenoxy) is 1. The molecule has 0 bridgehead atoms. The van der Waals surface area contributed by atoms with Crippen molar-refractivity contribution >= 4 is 19.8 Å². The van der Waals surface area contributed by atoms with Gasteiger partial charge in [-0.25, -0.2) is 14.2 Å². The van der Waals surface area contributed by atoms with Crippen LogP contribution in [0, 0.1) is 0 Å². The first-order valence-electron chi connectivity index (χ1n) is 12.4. The minimum Gasteiger partial charge on any atom is -0.478 e. The zero-order chi connectivity index (χ0) is 26.7. The summed E-state index contributed by atoms with van der Waals surface area (Å²) >= 11 is 0. The Kier molecular flexibility index (Phi) is 30.3. The summed E-state index contributed by atoms with van der Waals surface area (Å²) in [7, 11) is -4.64. The van der Waals surface area contributed by atoms with Gasteiger partial charge in [-0.2, -0.15) is 0 Å². The fourth-order valence-corrected chi connectivity index (χ4v) is 2.94. The highest BCUT2D eigenvalue weighted by molar-refractivity contribution is 7.45. The van der Waals surface area contributed by atoms with Crippen LogP contribution in [0.4, 0.5) is 0 Å². The second-order valence-electron chi connectivity index (χ2n) is 8.28. The van der Waals surface area contributed by atoms with Crippen LogP contribution in [0.25, 0.3) is 0 Å². The predicted octanol–water partition coefficient (Wildman–Crippen LogP) is 6.70. The summed E-state index contributed by atoms with van der Waals surface area (Å²) < 4.78 is 14.0. The smallest absolute Gasteiger partial charge is 0.466 e. The third kappa shape index (κ3) is 48.1. The number of hydrogen-bond donors (Lipinski definition) is 4. The Hall–Kier alpha value is -1.47. The quantitative estimate of drug-likeness (QED) is 0.0654. The molecular formula is C25H49O8P. The maximum atomic E-state index is 11.2. The number of rotatable bonds is 19. The van der Waals surface area contributed by atoms with Crippen LogP contribution in [0.3, 0.4) is 0 Å². The van der Waals surface area contributed by atoms with E-state index in [1.54, 1.807) is 6.92 Å². The molecule has 0 aromatic heterocycles. The predicted molar refractivity (Wildman–Crippen MR) is 137 cm³/mol. The largest absolute Gasteiger partial charge is 0.478 e. The van der Waals surface area contributed by atoms with Crippen molar-refractivity contribution in [3.8, 4) is 0 Å². The number of hydrogen-bond acceptors (Lipinski definition) is 4. The lowest BCUT2D eigenvalue weighted by molar-refractivity contribution is -0.139. The van der Waals surface area contributed by atoms with Gasteiger partial charge in [-0.1, -0.05) is 116 Å². The average molecular weight is 509 g/mol. The van der Waals surface area contributed by atoms with Gasteiger partial charge in [0.1, 0.15) is 0 Å². The fraction of sp³-hybridized carbons (Fsp3) is 0.760. The SMILES string of the molecule is C=C(C)C(=O)OCCCCCCCCCCCCCCCCCC.C=CC(=O)O.O=P(O)(O)O. The zero-order valence-electron chi connectivity index (χ0n) is 21.4. The maximum absolute atomic E-state index is 11.2. The molecule has 0 aliphatic carbocycles. The van der Waals surface area contributed by atoms with Crippen molar-refractivity contribution in [1.29, 1.82) is 0 Å². The van der Waals surface area contributed by atoms with Gasteiger partial charge in [0.2, 0.25) is 0 Å². The van der Waals surface area contributed by atoms with Crippen molar-refractivity contribution in [1.82, 2.24) is 0 Å². The molecule has 0 aromatic carbocycles. The molecular weight excluding hydrogens is 459 g/mol. The van der Waals surface area contributed by atoms with E-state index in [2.05, 4.69) is 20.1 Å². The number of carbonyl (C=O) groups excluding carboxylic acids is 1. The van der Waals surface area contributed by atoms with Gasteiger partial charge in [-0.15, -0.1) is 0 Å². The molecule has 4 N–H and O–H groups in total. The number of carbonyl (C=O) groups is 2. The molecule has 34 heavy (non-hydrogen) atoms. The van der Waals surface area contributed by atoms with Crippen molar-refractivity contribution in [2.24, 2.45) is 0 Å². The highest BCUT2D eigenvalue weighted by Gasteiger charge is 2.02. The molecule has 0 rings (SSSR count). The van der Waals surface area contributed by atoms with Gasteiger partial charge < -0.3 is 24.5 Å². The van der Waals surface area contributed by atoms with Gasteiger partial charge in [0.15, 0.2) is 0 Å². The normalized spacial score (nSPS) is 10.3. The standard InChI is InChI=1S/C22H42O2.C3H4O2.H3O4P/c1-4-5-6-7-8-9-10-11-12-13-14-15-16-17-18-19-20-24-22(23)21(2)3;1-2-3(4)5;1-5(2,3)4/h2,4-20H2,1,3H3;2H,1H2,(H,4,5);(H3,1,2,3,4). The van der Waals surface area contributed by atoms with Crippen molar-refractivity contribution in [3.63, 3.8) is 0 Å². The Morgan fingerprint density at radius 1 is 0.765 bits per heavy atom. The number of phosphoric acid groups is 1. The van der Waals surface area contributed by atoms with E-state index in [-0.39, 0.29) is 5.97 Å². The number of esters is 1. The third-order valence-electron chi connectivity index (χ3n) is 4.75. The highest BCUT2D eigenvalue weighted by Crippen LogP contribution is 2.25. The summed E-state index contributed by atoms with van der Waals surface area (Å²) in [6.07, 6.45) is 22.6. The first kappa shape index (κ1) is 37.1. The Bertz CT molecular complexity index is 549. The average Bonchev–Trinajstić information content (AvgIpc) is 2.74. The van der Waals surface area contributed by atoms with Crippen LogP contribution in [0.5, 0.6) is 0 Å². The van der Waals surface area contributed by atoms with E-state index < -0.39 is 13.8 Å². The number of carboxylic acid groups (broad SMARTS) is 1. The number of carboxylic acids is 1. The van der Waals surface area contributed by atoms with Crippen LogP contribution in [0.1, 0.15) is 117 Å². The van der Waals surface area contributed by atoms with Crippen LogP contribution < -0.4 is 0 Å². The van der Waals surface area contributed by atoms with E-state index in [0.29, 0.717) is 12.2 Å². The van der Waals surface area contributed by atoms with Crippen LogP contribution in [0.2, 0.25) is 0 Å². The van der Waals surface area contributed by atoms with Gasteiger partial charge in [-0.3, -0.25) is 0 Å². The lowest BCUT2D eigenvalue weighted by atomic mass is 10.0. The zero-order valence-corrected chi connectivity index (χ0v) is 22.3. The Balaban J connectivity index is -0.000000799. The van der Waals surface area contributed by atoms with E-state index in [4.69, 9.17) is 29.1 Å². The van der Waals surface area contributed by atoms with E-state index in [1.165, 1.54) is 96.3 Å². The molecule has 0 saturated carbocycles. The molecule has 0 atom stereocenters. The van der Waals surface area contributed by atoms with Crippen LogP contribution in [-0.2, 0) is 18.9 Å². The summed E-state index contributed by atoms with van der Waals surface area (Å²) in [5.74, 6) is -1.24. The van der Waals surface area contributed by atoms with E-state index in [0.717, 1.165) is 12.5 Å². The molecule has 0 radical (unpaired) electrons. The fourth-order valence-electron chi connectivity index (χ4n) is 2.94. The lowest BCUT2D eigenvalue weighted by Gasteiger charge is -2.05. The molecule has 0 aliphatic heterocycles. The van der Waals surface area contributed by atoms with E-state index >= 15 is 0 Å². The van der Waals surface area contributed by atoms with Gasteiger partial charge in [-0.05, 0) is 13.3 Å². The summed E-state index contributed by atoms with van der Waals surface area (Å²) in [6.45, 7) is 11.1. The number of unbranched alkanes of at least 4 members (excludes halogenated alkanes) is 15. The van der Waals surface area contributed by atoms with Crippen LogP contribution in [0.15, 0.2) is 24.8 Å². The first-order chi connectivity index (χ1) is 16.0. The van der Waals surface area contributed by atoms with Crippen molar-refractivity contribution in [2.75, 3.05) is 6.61 Å². The highest BCUT2D eigenvalue weighted by atomic mass is 31.2. The molecule has 0 aliphatic rings. The molecule has 0 aromatic rings. The molecule has 0 fully saturated rings. The van der Waals surface area contributed by atoms with E-state index in [9.17, 15) is 9.59 Å². The minimum absolute atomic E-state index is 0.254. The van der Waals surface area contributed by atoms with Gasteiger partial charge >= 0.3 is 19.8 Å². The van der Waals surface area contributed by atoms with Gasteiger partial charge in [0.25, 0.3) is 0 Å². The molecule has 0 unspecified atom stereocenters. The van der Waals surface area contributed by atoms with Crippen LogP contribution >= 0.6 is 7.82 Å². The van der Waals surface area contributed by atoms with E-state index in [1.807, 2.05) is 0 Å². The second-order valence-corrected chi connectivity index (χ2v) is 9.30. The molecule has 0 spiro atoms. The van der Waals surface area contributed by atoms with Gasteiger partial charge in [0.05, 0.1) is 6.61 Å². The van der Waals surface area contributed by atoms with Crippen LogP contribution in [-0.4, -0.2) is 38.3 Å². The maximum Gasteiger partial charge on any atom is 0.466 e. The molecule has 0 amide bonds. The Morgan fingerprint density at radius 2 is 1.03 bits per heavy atom. The molecule has 8 nitrogen and oxygen atoms in total. The number of aliphatic carboxylic acids is 1. The third-order valence-corrected chi connectivity index (χ3v) is 4.75. The molecule has 202 valence electrons. The summed E-state index contributed by atoms with van der Waals surface area (Å²) in [5.41, 5.74) is 0.492. The Labute approximate surface area is 206 Å². The molecule has 9 heteroatoms. The second kappa shape index (κ2) is 27.8. The first-order valence-corrected chi connectivity index (χ1v) is 14.0. The summed E-state index contributed by atoms with van der Waals surface area (Å²) in [6, 6.07) is 0. The summed E-state index contributed by atoms with van der Waals surface area (Å²) in [4.78, 5) is 42.0. The molecule has 0 heterocycles. The van der Waals surface area contributed by atoms with Crippen molar-refractivity contribution in [2.45, 2.75) is 117 Å².